The molecule has 0 radical (unpaired) electrons. The number of hydrogen-bond acceptors (Lipinski definition) is 5. The Labute approximate surface area is 246 Å². The summed E-state index contributed by atoms with van der Waals surface area (Å²) >= 11 is 0. The minimum absolute atomic E-state index is 0.0557. The van der Waals surface area contributed by atoms with E-state index in [0.29, 0.717) is 44.6 Å². The lowest BCUT2D eigenvalue weighted by Gasteiger charge is -2.30. The number of hydrogen-bond donors (Lipinski definition) is 0. The van der Waals surface area contributed by atoms with E-state index in [9.17, 15) is 16.8 Å². The van der Waals surface area contributed by atoms with E-state index in [-0.39, 0.29) is 22.9 Å². The summed E-state index contributed by atoms with van der Waals surface area (Å²) in [6.07, 6.45) is 2.20. The quantitative estimate of drug-likeness (QED) is 0.364. The smallest absolute Gasteiger partial charge is 0.243 e. The Balaban J connectivity index is 1.60. The number of aryl methyl sites for hydroxylation is 2. The van der Waals surface area contributed by atoms with Crippen LogP contribution in [0.4, 0.5) is 0 Å². The van der Waals surface area contributed by atoms with Gasteiger partial charge in [0.25, 0.3) is 0 Å². The lowest BCUT2D eigenvalue weighted by molar-refractivity contribution is 0.247. The molecular weight excluding hydrogens is 555 g/mol. The molecule has 1 aliphatic heterocycles. The van der Waals surface area contributed by atoms with E-state index in [2.05, 4.69) is 23.6 Å². The number of sulfonamides is 2. The van der Waals surface area contributed by atoms with Crippen molar-refractivity contribution in [3.05, 3.63) is 108 Å². The third-order valence-corrected chi connectivity index (χ3v) is 11.2. The Morgan fingerprint density at radius 2 is 1.07 bits per heavy atom. The van der Waals surface area contributed by atoms with Crippen molar-refractivity contribution < 1.29 is 16.8 Å². The molecule has 9 heteroatoms. The molecule has 0 aliphatic carbocycles. The Kier molecular flexibility index (Phi) is 10.5. The fourth-order valence-electron chi connectivity index (χ4n) is 5.04. The van der Waals surface area contributed by atoms with Crippen molar-refractivity contribution in [2.75, 3.05) is 45.8 Å². The third kappa shape index (κ3) is 8.36. The van der Waals surface area contributed by atoms with E-state index < -0.39 is 20.0 Å². The zero-order chi connectivity index (χ0) is 29.5. The summed E-state index contributed by atoms with van der Waals surface area (Å²) in [6.45, 7) is 11.0. The Hall–Kier alpha value is -2.82. The summed E-state index contributed by atoms with van der Waals surface area (Å²) in [5.74, 6) is 0. The largest absolute Gasteiger partial charge is 0.303 e. The van der Waals surface area contributed by atoms with Gasteiger partial charge in [-0.15, -0.1) is 0 Å². The van der Waals surface area contributed by atoms with Crippen LogP contribution >= 0.6 is 0 Å². The van der Waals surface area contributed by atoms with Crippen molar-refractivity contribution in [3.63, 3.8) is 0 Å². The first-order valence-electron chi connectivity index (χ1n) is 14.1. The van der Waals surface area contributed by atoms with Gasteiger partial charge in [0, 0.05) is 32.7 Å². The first kappa shape index (κ1) is 31.1. The highest BCUT2D eigenvalue weighted by Crippen LogP contribution is 2.22. The Morgan fingerprint density at radius 1 is 0.634 bits per heavy atom. The monoisotopic (exact) mass is 595 g/mol. The van der Waals surface area contributed by atoms with Crippen LogP contribution in [0.3, 0.4) is 0 Å². The van der Waals surface area contributed by atoms with Gasteiger partial charge < -0.3 is 4.90 Å². The molecule has 7 nitrogen and oxygen atoms in total. The van der Waals surface area contributed by atoms with Crippen LogP contribution in [0.2, 0.25) is 0 Å². The van der Waals surface area contributed by atoms with E-state index in [4.69, 9.17) is 0 Å². The topological polar surface area (TPSA) is 78.0 Å². The third-order valence-electron chi connectivity index (χ3n) is 7.44. The molecule has 3 aromatic carbocycles. The summed E-state index contributed by atoms with van der Waals surface area (Å²) in [4.78, 5) is 2.78. The molecule has 4 rings (SSSR count). The molecule has 0 atom stereocenters. The highest BCUT2D eigenvalue weighted by molar-refractivity contribution is 7.89. The molecule has 41 heavy (non-hydrogen) atoms. The molecule has 0 bridgehead atoms. The Bertz CT molecular complexity index is 1410. The van der Waals surface area contributed by atoms with E-state index in [1.165, 1.54) is 14.2 Å². The summed E-state index contributed by atoms with van der Waals surface area (Å²) in [5.41, 5.74) is 3.74. The average molecular weight is 596 g/mol. The number of benzene rings is 3. The molecule has 0 saturated carbocycles. The summed E-state index contributed by atoms with van der Waals surface area (Å²) in [7, 11) is -7.59. The fraction of sp³-hybridized carbons (Fsp3) is 0.375. The molecule has 1 heterocycles. The van der Waals surface area contributed by atoms with Gasteiger partial charge in [-0.1, -0.05) is 72.3 Å². The number of rotatable bonds is 7. The fourth-order valence-corrected chi connectivity index (χ4v) is 8.04. The average Bonchev–Trinajstić information content (AvgIpc) is 2.94. The SMILES string of the molecule is C=C1CN(S(=O)(=O)c2ccc(C)cc2)CCCN(CCc2ccccc2)CCCN(S(=O)(=O)c2ccc(C)cc2)C1. The van der Waals surface area contributed by atoms with E-state index in [0.717, 1.165) is 24.1 Å². The minimum atomic E-state index is -3.80. The predicted octanol–water partition coefficient (Wildman–Crippen LogP) is 4.88. The zero-order valence-electron chi connectivity index (χ0n) is 24.1. The second-order valence-corrected chi connectivity index (χ2v) is 14.7. The molecule has 0 spiro atoms. The lowest BCUT2D eigenvalue weighted by Crippen LogP contribution is -2.41. The van der Waals surface area contributed by atoms with Crippen molar-refractivity contribution in [1.82, 2.24) is 13.5 Å². The first-order chi connectivity index (χ1) is 19.6. The predicted molar refractivity (Wildman–Crippen MR) is 165 cm³/mol. The van der Waals surface area contributed by atoms with Crippen molar-refractivity contribution in [3.8, 4) is 0 Å². The maximum atomic E-state index is 13.7. The van der Waals surface area contributed by atoms with Gasteiger partial charge >= 0.3 is 0 Å². The van der Waals surface area contributed by atoms with Crippen LogP contribution in [0.1, 0.15) is 29.5 Å². The van der Waals surface area contributed by atoms with Crippen LogP contribution < -0.4 is 0 Å². The Morgan fingerprint density at radius 3 is 1.51 bits per heavy atom. The van der Waals surface area contributed by atoms with Crippen LogP contribution in [0.25, 0.3) is 0 Å². The maximum absolute atomic E-state index is 13.7. The van der Waals surface area contributed by atoms with Crippen LogP contribution in [-0.2, 0) is 26.5 Å². The standard InChI is InChI=1S/C32H41N3O4S2/c1-27-11-15-31(16-12-27)40(36,37)34-22-7-20-33(24-19-30-9-5-4-6-10-30)21-8-23-35(26-29(3)25-34)41(38,39)32-17-13-28(2)14-18-32/h4-6,9-18H,3,7-8,19-26H2,1-2H3. The molecule has 220 valence electrons. The van der Waals surface area contributed by atoms with Gasteiger partial charge in [-0.05, 0) is 81.6 Å². The lowest BCUT2D eigenvalue weighted by atomic mass is 10.1. The van der Waals surface area contributed by atoms with Gasteiger partial charge in [-0.3, -0.25) is 0 Å². The van der Waals surface area contributed by atoms with Gasteiger partial charge in [0.15, 0.2) is 0 Å². The van der Waals surface area contributed by atoms with Crippen molar-refractivity contribution >= 4 is 20.0 Å². The van der Waals surface area contributed by atoms with Crippen molar-refractivity contribution in [1.29, 1.82) is 0 Å². The van der Waals surface area contributed by atoms with Crippen LogP contribution in [0.15, 0.2) is 101 Å². The minimum Gasteiger partial charge on any atom is -0.303 e. The normalized spacial score (nSPS) is 17.6. The highest BCUT2D eigenvalue weighted by Gasteiger charge is 2.29. The van der Waals surface area contributed by atoms with Gasteiger partial charge in [0.05, 0.1) is 9.79 Å². The molecule has 0 aromatic heterocycles. The molecule has 0 unspecified atom stereocenters. The maximum Gasteiger partial charge on any atom is 0.243 e. The van der Waals surface area contributed by atoms with Crippen molar-refractivity contribution in [2.45, 2.75) is 42.9 Å². The van der Waals surface area contributed by atoms with Gasteiger partial charge in [0.2, 0.25) is 20.0 Å². The van der Waals surface area contributed by atoms with Crippen molar-refractivity contribution in [2.24, 2.45) is 0 Å². The summed E-state index contributed by atoms with van der Waals surface area (Å²) in [5, 5.41) is 0. The second-order valence-electron chi connectivity index (χ2n) is 10.8. The van der Waals surface area contributed by atoms with Gasteiger partial charge in [-0.25, -0.2) is 16.8 Å². The molecular formula is C32H41N3O4S2. The van der Waals surface area contributed by atoms with E-state index in [1.807, 2.05) is 32.0 Å². The van der Waals surface area contributed by atoms with Crippen LogP contribution in [0.5, 0.6) is 0 Å². The van der Waals surface area contributed by atoms with Crippen LogP contribution in [0, 0.1) is 13.8 Å². The molecule has 1 saturated heterocycles. The molecule has 1 fully saturated rings. The van der Waals surface area contributed by atoms with E-state index in [1.54, 1.807) is 48.5 Å². The number of nitrogens with zero attached hydrogens (tertiary/aromatic N) is 3. The molecule has 0 amide bonds. The first-order valence-corrected chi connectivity index (χ1v) is 17.0. The zero-order valence-corrected chi connectivity index (χ0v) is 25.7. The summed E-state index contributed by atoms with van der Waals surface area (Å²) in [6, 6.07) is 23.9. The van der Waals surface area contributed by atoms with Gasteiger partial charge in [0.1, 0.15) is 0 Å². The molecule has 3 aromatic rings. The molecule has 0 N–H and O–H groups in total. The van der Waals surface area contributed by atoms with E-state index >= 15 is 0 Å². The second kappa shape index (κ2) is 13.9. The van der Waals surface area contributed by atoms with Crippen LogP contribution in [-0.4, -0.2) is 76.2 Å². The van der Waals surface area contributed by atoms with Gasteiger partial charge in [-0.2, -0.15) is 8.61 Å². The molecule has 1 aliphatic rings. The summed E-state index contributed by atoms with van der Waals surface area (Å²) < 4.78 is 57.8. The highest BCUT2D eigenvalue weighted by atomic mass is 32.2.